The van der Waals surface area contributed by atoms with E-state index in [0.717, 1.165) is 44.7 Å². The van der Waals surface area contributed by atoms with Crippen molar-refractivity contribution in [3.05, 3.63) is 53.9 Å². The predicted molar refractivity (Wildman–Crippen MR) is 95.5 cm³/mol. The smallest absolute Gasteiger partial charge is 0.245 e. The summed E-state index contributed by atoms with van der Waals surface area (Å²) < 4.78 is 0. The average molecular weight is 347 g/mol. The third kappa shape index (κ3) is 4.23. The number of rotatable bonds is 5. The van der Waals surface area contributed by atoms with E-state index in [-0.39, 0.29) is 12.1 Å². The van der Waals surface area contributed by atoms with E-state index in [1.54, 1.807) is 6.20 Å². The van der Waals surface area contributed by atoms with Crippen LogP contribution in [0.4, 0.5) is 0 Å². The van der Waals surface area contributed by atoms with Gasteiger partial charge in [-0.05, 0) is 31.1 Å². The molecule has 6 heteroatoms. The normalized spacial score (nSPS) is 22.0. The van der Waals surface area contributed by atoms with Gasteiger partial charge in [-0.15, -0.1) is 0 Å². The fourth-order valence-corrected chi connectivity index (χ4v) is 3.34. The molecule has 2 aliphatic rings. The molecule has 0 aromatic carbocycles. The summed E-state index contributed by atoms with van der Waals surface area (Å²) in [6.07, 6.45) is 9.63. The number of carbonyl (C=O) groups is 1. The maximum Gasteiger partial charge on any atom is 0.245 e. The number of piperidine rings is 1. The van der Waals surface area contributed by atoms with Crippen LogP contribution in [-0.2, 0) is 11.3 Å². The molecule has 1 saturated heterocycles. The van der Waals surface area contributed by atoms with Gasteiger partial charge in [0.2, 0.25) is 5.91 Å². The summed E-state index contributed by atoms with van der Waals surface area (Å²) in [5, 5.41) is 4.36. The Kier molecular flexibility index (Phi) is 5.66. The Morgan fingerprint density at radius 2 is 2.21 bits per heavy atom. The highest BCUT2D eigenvalue weighted by atomic mass is 35.5. The van der Waals surface area contributed by atoms with Crippen LogP contribution >= 0.6 is 11.6 Å². The molecule has 1 unspecified atom stereocenters. The number of nitrogens with zero attached hydrogens (tertiary/aromatic N) is 3. The molecule has 0 bridgehead atoms. The van der Waals surface area contributed by atoms with E-state index < -0.39 is 0 Å². The third-order valence-electron chi connectivity index (χ3n) is 4.59. The van der Waals surface area contributed by atoms with Crippen LogP contribution in [0.25, 0.3) is 0 Å². The Balaban J connectivity index is 1.51. The largest absolute Gasteiger partial charge is 0.339 e. The zero-order valence-electron chi connectivity index (χ0n) is 13.7. The van der Waals surface area contributed by atoms with Crippen LogP contribution in [-0.4, -0.2) is 52.5 Å². The van der Waals surface area contributed by atoms with Gasteiger partial charge < -0.3 is 4.90 Å². The summed E-state index contributed by atoms with van der Waals surface area (Å²) >= 11 is 5.90. The molecule has 1 fully saturated rings. The monoisotopic (exact) mass is 346 g/mol. The quantitative estimate of drug-likeness (QED) is 0.656. The molecule has 3 rings (SSSR count). The van der Waals surface area contributed by atoms with Gasteiger partial charge in [-0.2, -0.15) is 0 Å². The topological polar surface area (TPSA) is 48.5 Å². The zero-order valence-corrected chi connectivity index (χ0v) is 14.5. The minimum atomic E-state index is 0.0321. The molecule has 1 N–H and O–H groups in total. The van der Waals surface area contributed by atoms with E-state index in [0.29, 0.717) is 11.1 Å². The van der Waals surface area contributed by atoms with E-state index in [1.807, 2.05) is 17.0 Å². The molecular weight excluding hydrogens is 324 g/mol. The fourth-order valence-electron chi connectivity index (χ4n) is 3.23. The van der Waals surface area contributed by atoms with Crippen molar-refractivity contribution in [1.82, 2.24) is 20.1 Å². The Bertz CT molecular complexity index is 608. The fraction of sp³-hybridized carbons (Fsp3) is 0.444. The molecule has 1 aromatic rings. The lowest BCUT2D eigenvalue weighted by atomic mass is 10.0. The van der Waals surface area contributed by atoms with Gasteiger partial charge in [0.25, 0.3) is 0 Å². The first kappa shape index (κ1) is 17.1. The maximum absolute atomic E-state index is 11.6. The minimum Gasteiger partial charge on any atom is -0.339 e. The second kappa shape index (κ2) is 7.92. The van der Waals surface area contributed by atoms with E-state index in [9.17, 15) is 4.79 Å². The van der Waals surface area contributed by atoms with Crippen molar-refractivity contribution < 1.29 is 4.79 Å². The first-order chi connectivity index (χ1) is 11.7. The number of halogens is 1. The van der Waals surface area contributed by atoms with Gasteiger partial charge in [-0.3, -0.25) is 20.0 Å². The Morgan fingerprint density at radius 1 is 1.42 bits per heavy atom. The molecule has 1 atom stereocenters. The molecule has 0 aliphatic carbocycles. The van der Waals surface area contributed by atoms with E-state index in [4.69, 9.17) is 11.6 Å². The van der Waals surface area contributed by atoms with Crippen molar-refractivity contribution in [2.75, 3.05) is 19.6 Å². The number of hydrogen-bond donors (Lipinski definition) is 1. The highest BCUT2D eigenvalue weighted by Gasteiger charge is 2.26. The second-order valence-electron chi connectivity index (χ2n) is 6.24. The summed E-state index contributed by atoms with van der Waals surface area (Å²) in [5.74, 6) is 0.0321. The lowest BCUT2D eigenvalue weighted by Crippen LogP contribution is -2.51. The van der Waals surface area contributed by atoms with Gasteiger partial charge >= 0.3 is 0 Å². The number of pyridine rings is 1. The van der Waals surface area contributed by atoms with Gasteiger partial charge in [0.15, 0.2) is 0 Å². The van der Waals surface area contributed by atoms with Crippen molar-refractivity contribution in [3.8, 4) is 0 Å². The lowest BCUT2D eigenvalue weighted by molar-refractivity contribution is -0.127. The molecule has 0 radical (unpaired) electrons. The number of likely N-dealkylation sites (tertiary alicyclic amines) is 1. The molecule has 1 amide bonds. The Morgan fingerprint density at radius 3 is 2.88 bits per heavy atom. The molecule has 3 heterocycles. The van der Waals surface area contributed by atoms with Crippen LogP contribution < -0.4 is 5.32 Å². The van der Waals surface area contributed by atoms with Crippen LogP contribution in [0.5, 0.6) is 0 Å². The van der Waals surface area contributed by atoms with Crippen LogP contribution in [0.3, 0.4) is 0 Å². The number of hydrogen-bond acceptors (Lipinski definition) is 4. The molecule has 1 aromatic heterocycles. The highest BCUT2D eigenvalue weighted by Crippen LogP contribution is 2.17. The van der Waals surface area contributed by atoms with E-state index in [2.05, 4.69) is 33.9 Å². The molecule has 2 aliphatic heterocycles. The molecule has 128 valence electrons. The minimum absolute atomic E-state index is 0.0321. The molecular formula is C18H23ClN4O. The van der Waals surface area contributed by atoms with Crippen molar-refractivity contribution in [2.24, 2.45) is 0 Å². The van der Waals surface area contributed by atoms with Gasteiger partial charge in [0, 0.05) is 38.4 Å². The van der Waals surface area contributed by atoms with Crippen LogP contribution in [0.2, 0.25) is 5.02 Å². The summed E-state index contributed by atoms with van der Waals surface area (Å²) in [6, 6.07) is 4.27. The maximum atomic E-state index is 11.6. The summed E-state index contributed by atoms with van der Waals surface area (Å²) in [5.41, 5.74) is 1.02. The Hall–Kier alpha value is -1.69. The van der Waals surface area contributed by atoms with E-state index >= 15 is 0 Å². The van der Waals surface area contributed by atoms with Crippen molar-refractivity contribution >= 4 is 17.5 Å². The lowest BCUT2D eigenvalue weighted by Gasteiger charge is -2.35. The third-order valence-corrected chi connectivity index (χ3v) is 4.82. The molecule has 24 heavy (non-hydrogen) atoms. The zero-order chi connectivity index (χ0) is 16.9. The van der Waals surface area contributed by atoms with Crippen molar-refractivity contribution in [2.45, 2.75) is 31.6 Å². The first-order valence-electron chi connectivity index (χ1n) is 8.34. The van der Waals surface area contributed by atoms with Gasteiger partial charge in [0.05, 0.1) is 16.9 Å². The summed E-state index contributed by atoms with van der Waals surface area (Å²) in [6.45, 7) is 6.83. The number of nitrogens with one attached hydrogen (secondary N) is 1. The van der Waals surface area contributed by atoms with Crippen LogP contribution in [0.15, 0.2) is 43.1 Å². The molecule has 5 nitrogen and oxygen atoms in total. The Labute approximate surface area is 148 Å². The van der Waals surface area contributed by atoms with Crippen LogP contribution in [0, 0.1) is 0 Å². The molecule has 0 spiro atoms. The van der Waals surface area contributed by atoms with Crippen molar-refractivity contribution in [3.63, 3.8) is 0 Å². The van der Waals surface area contributed by atoms with Gasteiger partial charge in [-0.1, -0.05) is 30.3 Å². The van der Waals surface area contributed by atoms with Crippen LogP contribution in [0.1, 0.15) is 18.5 Å². The predicted octanol–water partition coefficient (Wildman–Crippen LogP) is 2.20. The SMILES string of the molecule is C=CC(=O)N1CCC(NC2C=CCN2Cc2ccc(Cl)cn2)CC1. The van der Waals surface area contributed by atoms with Gasteiger partial charge in [-0.25, -0.2) is 0 Å². The second-order valence-corrected chi connectivity index (χ2v) is 6.68. The standard InChI is InChI=1S/C18H23ClN4O/c1-2-18(24)22-10-7-15(8-11-22)21-17-4-3-9-23(17)13-16-6-5-14(19)12-20-16/h2-6,12,15,17,21H,1,7-11,13H2. The van der Waals surface area contributed by atoms with E-state index in [1.165, 1.54) is 6.08 Å². The molecule has 0 saturated carbocycles. The average Bonchev–Trinajstić information content (AvgIpc) is 3.03. The van der Waals surface area contributed by atoms with Gasteiger partial charge in [0.1, 0.15) is 0 Å². The first-order valence-corrected chi connectivity index (χ1v) is 8.72. The van der Waals surface area contributed by atoms with Crippen molar-refractivity contribution in [1.29, 1.82) is 0 Å². The summed E-state index contributed by atoms with van der Waals surface area (Å²) in [4.78, 5) is 20.2. The number of aromatic nitrogens is 1. The summed E-state index contributed by atoms with van der Waals surface area (Å²) in [7, 11) is 0. The highest BCUT2D eigenvalue weighted by molar-refractivity contribution is 6.30. The number of carbonyl (C=O) groups excluding carboxylic acids is 1. The number of amides is 1.